The minimum absolute atomic E-state index is 0.0527. The lowest BCUT2D eigenvalue weighted by atomic mass is 10.1. The smallest absolute Gasteiger partial charge is 0.335 e. The van der Waals surface area contributed by atoms with Crippen molar-refractivity contribution in [3.8, 4) is 17.2 Å². The highest BCUT2D eigenvalue weighted by atomic mass is 35.5. The van der Waals surface area contributed by atoms with Gasteiger partial charge < -0.3 is 19.5 Å². The molecule has 10 nitrogen and oxygen atoms in total. The number of rotatable bonds is 9. The molecule has 1 aliphatic heterocycles. The Balaban J connectivity index is 1.56. The lowest BCUT2D eigenvalue weighted by molar-refractivity contribution is -0.122. The molecule has 0 saturated carbocycles. The molecule has 41 heavy (non-hydrogen) atoms. The van der Waals surface area contributed by atoms with Gasteiger partial charge in [-0.25, -0.2) is 9.69 Å². The van der Waals surface area contributed by atoms with Gasteiger partial charge in [-0.1, -0.05) is 34.8 Å². The summed E-state index contributed by atoms with van der Waals surface area (Å²) in [6.45, 7) is 1.54. The number of imide groups is 2. The molecule has 3 aromatic carbocycles. The summed E-state index contributed by atoms with van der Waals surface area (Å²) in [6.07, 6.45) is 1.27. The summed E-state index contributed by atoms with van der Waals surface area (Å²) in [4.78, 5) is 51.6. The predicted octanol–water partition coefficient (Wildman–Crippen LogP) is 5.74. The zero-order valence-corrected chi connectivity index (χ0v) is 23.9. The minimum Gasteiger partial charge on any atom is -0.497 e. The van der Waals surface area contributed by atoms with Gasteiger partial charge in [-0.2, -0.15) is 0 Å². The van der Waals surface area contributed by atoms with Crippen LogP contribution < -0.4 is 29.7 Å². The van der Waals surface area contributed by atoms with Gasteiger partial charge in [0.2, 0.25) is 0 Å². The van der Waals surface area contributed by atoms with Gasteiger partial charge in [0.1, 0.15) is 11.3 Å². The van der Waals surface area contributed by atoms with Gasteiger partial charge in [0, 0.05) is 5.69 Å². The topological polar surface area (TPSA) is 123 Å². The van der Waals surface area contributed by atoms with E-state index in [0.717, 1.165) is 4.90 Å². The summed E-state index contributed by atoms with van der Waals surface area (Å²) in [5, 5.41) is 5.47. The normalized spacial score (nSPS) is 14.1. The van der Waals surface area contributed by atoms with E-state index in [4.69, 9.17) is 49.0 Å². The van der Waals surface area contributed by atoms with Gasteiger partial charge in [0.05, 0.1) is 34.5 Å². The third-order valence-electron chi connectivity index (χ3n) is 5.63. The molecule has 0 unspecified atom stereocenters. The number of barbiturate groups is 1. The van der Waals surface area contributed by atoms with E-state index in [2.05, 4.69) is 10.6 Å². The Morgan fingerprint density at radius 3 is 2.34 bits per heavy atom. The van der Waals surface area contributed by atoms with Gasteiger partial charge in [-0.15, -0.1) is 0 Å². The number of halogens is 3. The molecule has 1 saturated heterocycles. The number of urea groups is 1. The van der Waals surface area contributed by atoms with Crippen LogP contribution in [-0.4, -0.2) is 44.1 Å². The van der Waals surface area contributed by atoms with Gasteiger partial charge in [0.15, 0.2) is 18.1 Å². The molecule has 4 rings (SSSR count). The molecule has 1 aliphatic rings. The molecule has 0 spiro atoms. The molecule has 212 valence electrons. The molecule has 0 bridgehead atoms. The van der Waals surface area contributed by atoms with E-state index in [0.29, 0.717) is 22.0 Å². The van der Waals surface area contributed by atoms with Crippen LogP contribution in [0, 0.1) is 0 Å². The number of benzene rings is 3. The maximum absolute atomic E-state index is 13.2. The van der Waals surface area contributed by atoms with Crippen LogP contribution in [0.4, 0.5) is 16.2 Å². The van der Waals surface area contributed by atoms with E-state index >= 15 is 0 Å². The second-order valence-corrected chi connectivity index (χ2v) is 9.61. The largest absolute Gasteiger partial charge is 0.497 e. The Morgan fingerprint density at radius 1 is 0.951 bits per heavy atom. The Hall–Kier alpha value is -4.25. The minimum atomic E-state index is -0.891. The van der Waals surface area contributed by atoms with E-state index in [-0.39, 0.29) is 39.4 Å². The molecular weight excluding hydrogens is 597 g/mol. The van der Waals surface area contributed by atoms with E-state index in [1.807, 2.05) is 0 Å². The van der Waals surface area contributed by atoms with Crippen LogP contribution in [0.25, 0.3) is 6.08 Å². The molecule has 1 fully saturated rings. The highest BCUT2D eigenvalue weighted by Gasteiger charge is 2.37. The first-order valence-corrected chi connectivity index (χ1v) is 13.1. The first-order valence-electron chi connectivity index (χ1n) is 12.0. The quantitative estimate of drug-likeness (QED) is 0.232. The van der Waals surface area contributed by atoms with Crippen molar-refractivity contribution in [2.24, 2.45) is 0 Å². The summed E-state index contributed by atoms with van der Waals surface area (Å²) < 4.78 is 16.4. The van der Waals surface area contributed by atoms with E-state index in [1.54, 1.807) is 31.2 Å². The number of nitrogens with zero attached hydrogens (tertiary/aromatic N) is 1. The summed E-state index contributed by atoms with van der Waals surface area (Å²) in [5.41, 5.74) is 0.661. The highest BCUT2D eigenvalue weighted by Crippen LogP contribution is 2.38. The lowest BCUT2D eigenvalue weighted by Gasteiger charge is -2.26. The molecule has 3 aromatic rings. The van der Waals surface area contributed by atoms with Crippen LogP contribution in [-0.2, 0) is 14.4 Å². The van der Waals surface area contributed by atoms with Crippen LogP contribution >= 0.6 is 34.8 Å². The lowest BCUT2D eigenvalue weighted by Crippen LogP contribution is -2.54. The van der Waals surface area contributed by atoms with Crippen molar-refractivity contribution in [1.82, 2.24) is 5.32 Å². The fourth-order valence-corrected chi connectivity index (χ4v) is 4.34. The van der Waals surface area contributed by atoms with Crippen molar-refractivity contribution in [3.05, 3.63) is 80.8 Å². The van der Waals surface area contributed by atoms with Crippen molar-refractivity contribution < 1.29 is 33.4 Å². The van der Waals surface area contributed by atoms with Crippen LogP contribution in [0.2, 0.25) is 15.1 Å². The predicted molar refractivity (Wildman–Crippen MR) is 155 cm³/mol. The van der Waals surface area contributed by atoms with Gasteiger partial charge >= 0.3 is 6.03 Å². The number of ether oxygens (including phenoxy) is 3. The third kappa shape index (κ3) is 6.91. The molecule has 0 aliphatic carbocycles. The van der Waals surface area contributed by atoms with Crippen molar-refractivity contribution in [3.63, 3.8) is 0 Å². The number of hydrogen-bond donors (Lipinski definition) is 2. The summed E-state index contributed by atoms with van der Waals surface area (Å²) in [5.74, 6) is -1.44. The molecule has 0 radical (unpaired) electrons. The van der Waals surface area contributed by atoms with Crippen molar-refractivity contribution in [2.45, 2.75) is 6.92 Å². The maximum atomic E-state index is 13.2. The first-order chi connectivity index (χ1) is 19.6. The molecule has 5 amide bonds. The third-order valence-corrected chi connectivity index (χ3v) is 6.65. The van der Waals surface area contributed by atoms with Crippen molar-refractivity contribution in [2.75, 3.05) is 30.5 Å². The Labute approximate surface area is 249 Å². The fourth-order valence-electron chi connectivity index (χ4n) is 3.77. The molecule has 1 heterocycles. The van der Waals surface area contributed by atoms with Gasteiger partial charge in [0.25, 0.3) is 17.7 Å². The fraction of sp³-hybridized carbons (Fsp3) is 0.143. The van der Waals surface area contributed by atoms with Gasteiger partial charge in [-0.3, -0.25) is 19.7 Å². The number of hydrogen-bond acceptors (Lipinski definition) is 7. The second kappa shape index (κ2) is 12.9. The summed E-state index contributed by atoms with van der Waals surface area (Å²) in [7, 11) is 1.48. The molecule has 2 N–H and O–H groups in total. The number of anilines is 2. The van der Waals surface area contributed by atoms with Gasteiger partial charge in [-0.05, 0) is 73.2 Å². The van der Waals surface area contributed by atoms with Crippen LogP contribution in [0.1, 0.15) is 12.5 Å². The summed E-state index contributed by atoms with van der Waals surface area (Å²) >= 11 is 18.3. The zero-order chi connectivity index (χ0) is 29.7. The van der Waals surface area contributed by atoms with Crippen LogP contribution in [0.3, 0.4) is 0 Å². The van der Waals surface area contributed by atoms with E-state index < -0.39 is 30.4 Å². The van der Waals surface area contributed by atoms with Crippen molar-refractivity contribution >= 4 is 76.0 Å². The number of nitrogens with one attached hydrogen (secondary N) is 2. The standard InChI is InChI=1S/C28H22Cl3N3O7/c1-3-40-23-12-15(11-22(31)25(23)41-14-24(35)32-16-4-9-20(29)21(30)13-16)10-19-26(36)33-28(38)34(27(19)37)17-5-7-18(39-2)8-6-17/h4-13H,3,14H2,1-2H3,(H,32,35)(H,33,36,38)/b19-10+. The van der Waals surface area contributed by atoms with Crippen LogP contribution in [0.15, 0.2) is 60.2 Å². The van der Waals surface area contributed by atoms with E-state index in [9.17, 15) is 19.2 Å². The number of methoxy groups -OCH3 is 1. The zero-order valence-electron chi connectivity index (χ0n) is 21.6. The molecule has 13 heteroatoms. The average Bonchev–Trinajstić information content (AvgIpc) is 2.93. The Kier molecular flexibility index (Phi) is 9.38. The second-order valence-electron chi connectivity index (χ2n) is 8.38. The summed E-state index contributed by atoms with van der Waals surface area (Å²) in [6, 6.07) is 12.8. The molecule has 0 aromatic heterocycles. The Bertz CT molecular complexity index is 1560. The van der Waals surface area contributed by atoms with Crippen molar-refractivity contribution in [1.29, 1.82) is 0 Å². The number of amides is 5. The Morgan fingerprint density at radius 2 is 1.68 bits per heavy atom. The highest BCUT2D eigenvalue weighted by molar-refractivity contribution is 6.42. The number of carbonyl (C=O) groups is 4. The SMILES string of the molecule is CCOc1cc(/C=C2\C(=O)NC(=O)N(c3ccc(OC)cc3)C2=O)cc(Cl)c1OCC(=O)Nc1ccc(Cl)c(Cl)c1. The number of carbonyl (C=O) groups excluding carboxylic acids is 4. The first kappa shape index (κ1) is 29.7. The molecular formula is C28H22Cl3N3O7. The maximum Gasteiger partial charge on any atom is 0.335 e. The van der Waals surface area contributed by atoms with E-state index in [1.165, 1.54) is 43.5 Å². The van der Waals surface area contributed by atoms with Crippen LogP contribution in [0.5, 0.6) is 17.2 Å². The average molecular weight is 619 g/mol. The monoisotopic (exact) mass is 617 g/mol. The molecule has 0 atom stereocenters.